The second-order valence-electron chi connectivity index (χ2n) is 5.78. The molecule has 0 bridgehead atoms. The number of thiazole rings is 1. The first kappa shape index (κ1) is 18.1. The second kappa shape index (κ2) is 7.69. The lowest BCUT2D eigenvalue weighted by Crippen LogP contribution is -2.33. The van der Waals surface area contributed by atoms with E-state index in [-0.39, 0.29) is 25.1 Å². The number of carbonyl (C=O) groups excluding carboxylic acids is 2. The minimum Gasteiger partial charge on any atom is -0.395 e. The van der Waals surface area contributed by atoms with Crippen LogP contribution in [0.2, 0.25) is 4.34 Å². The maximum absolute atomic E-state index is 12.0. The van der Waals surface area contributed by atoms with Crippen LogP contribution in [0.25, 0.3) is 0 Å². The lowest BCUT2D eigenvalue weighted by atomic mass is 10.1. The standard InChI is InChI=1S/C15H17ClN4O3S2/c16-11-2-1-10(25-11)6-18-13(23)20-14-19-9(7-24-14)5-17-12(22)15(8-21)3-4-15/h1-2,7,21H,3-6,8H2,(H,17,22)(H2,18,19,20,23). The van der Waals surface area contributed by atoms with Crippen LogP contribution in [0, 0.1) is 5.41 Å². The molecule has 7 nitrogen and oxygen atoms in total. The lowest BCUT2D eigenvalue weighted by molar-refractivity contribution is -0.127. The summed E-state index contributed by atoms with van der Waals surface area (Å²) in [6.45, 7) is 0.535. The molecule has 0 unspecified atom stereocenters. The number of amides is 3. The lowest BCUT2D eigenvalue weighted by Gasteiger charge is -2.10. The molecule has 1 saturated carbocycles. The summed E-state index contributed by atoms with van der Waals surface area (Å²) in [5.74, 6) is -0.148. The molecule has 0 atom stereocenters. The van der Waals surface area contributed by atoms with E-state index in [1.807, 2.05) is 6.07 Å². The number of hydrogen-bond acceptors (Lipinski definition) is 6. The van der Waals surface area contributed by atoms with E-state index >= 15 is 0 Å². The van der Waals surface area contributed by atoms with Gasteiger partial charge in [0.15, 0.2) is 5.13 Å². The number of aliphatic hydroxyl groups is 1. The highest BCUT2D eigenvalue weighted by Crippen LogP contribution is 2.45. The summed E-state index contributed by atoms with van der Waals surface area (Å²) in [5, 5.41) is 19.6. The molecule has 2 aromatic rings. The summed E-state index contributed by atoms with van der Waals surface area (Å²) < 4.78 is 0.679. The van der Waals surface area contributed by atoms with E-state index in [1.165, 1.54) is 22.7 Å². The molecule has 0 aromatic carbocycles. The third kappa shape index (κ3) is 4.69. The summed E-state index contributed by atoms with van der Waals surface area (Å²) >= 11 is 8.53. The first-order valence-corrected chi connectivity index (χ1v) is 9.71. The van der Waals surface area contributed by atoms with Crippen LogP contribution >= 0.6 is 34.3 Å². The topological polar surface area (TPSA) is 103 Å². The molecule has 0 aliphatic heterocycles. The van der Waals surface area contributed by atoms with Gasteiger partial charge in [0.1, 0.15) is 0 Å². The maximum Gasteiger partial charge on any atom is 0.321 e. The SMILES string of the molecule is O=C(NCc1ccc(Cl)s1)Nc1nc(CNC(=O)C2(CO)CC2)cs1. The molecule has 3 rings (SSSR count). The first-order valence-electron chi connectivity index (χ1n) is 7.63. The van der Waals surface area contributed by atoms with Gasteiger partial charge in [0, 0.05) is 10.3 Å². The number of thiophene rings is 1. The summed E-state index contributed by atoms with van der Waals surface area (Å²) in [6, 6.07) is 3.29. The number of carbonyl (C=O) groups is 2. The van der Waals surface area contributed by atoms with Crippen molar-refractivity contribution in [3.05, 3.63) is 32.4 Å². The Balaban J connectivity index is 1.43. The summed E-state index contributed by atoms with van der Waals surface area (Å²) in [4.78, 5) is 29.0. The van der Waals surface area contributed by atoms with Gasteiger partial charge in [-0.25, -0.2) is 9.78 Å². The monoisotopic (exact) mass is 400 g/mol. The van der Waals surface area contributed by atoms with E-state index in [1.54, 1.807) is 11.4 Å². The number of aliphatic hydroxyl groups excluding tert-OH is 1. The maximum atomic E-state index is 12.0. The molecule has 10 heteroatoms. The van der Waals surface area contributed by atoms with Crippen LogP contribution in [0.15, 0.2) is 17.5 Å². The Hall–Kier alpha value is -1.68. The molecule has 2 heterocycles. The molecule has 0 saturated heterocycles. The summed E-state index contributed by atoms with van der Waals surface area (Å²) in [7, 11) is 0. The molecule has 1 fully saturated rings. The number of urea groups is 1. The molecule has 1 aliphatic carbocycles. The van der Waals surface area contributed by atoms with Crippen molar-refractivity contribution in [1.82, 2.24) is 15.6 Å². The van der Waals surface area contributed by atoms with Crippen LogP contribution in [0.3, 0.4) is 0 Å². The Kier molecular flexibility index (Phi) is 5.57. The first-order chi connectivity index (χ1) is 12.0. The van der Waals surface area contributed by atoms with Crippen molar-refractivity contribution in [2.75, 3.05) is 11.9 Å². The van der Waals surface area contributed by atoms with E-state index < -0.39 is 5.41 Å². The van der Waals surface area contributed by atoms with Crippen LogP contribution in [0.1, 0.15) is 23.4 Å². The number of aromatic nitrogens is 1. The van der Waals surface area contributed by atoms with Crippen molar-refractivity contribution < 1.29 is 14.7 Å². The van der Waals surface area contributed by atoms with E-state index in [9.17, 15) is 14.7 Å². The van der Waals surface area contributed by atoms with Crippen LogP contribution in [-0.4, -0.2) is 28.6 Å². The van der Waals surface area contributed by atoms with E-state index in [4.69, 9.17) is 11.6 Å². The zero-order valence-electron chi connectivity index (χ0n) is 13.2. The van der Waals surface area contributed by atoms with E-state index in [0.717, 1.165) is 17.7 Å². The molecular formula is C15H17ClN4O3S2. The van der Waals surface area contributed by atoms with Crippen molar-refractivity contribution in [2.45, 2.75) is 25.9 Å². The van der Waals surface area contributed by atoms with Gasteiger partial charge in [0.05, 0.1) is 35.1 Å². The molecule has 1 aliphatic rings. The van der Waals surface area contributed by atoms with Gasteiger partial charge in [-0.2, -0.15) is 0 Å². The highest BCUT2D eigenvalue weighted by molar-refractivity contribution is 7.16. The molecule has 0 radical (unpaired) electrons. The Morgan fingerprint density at radius 1 is 1.28 bits per heavy atom. The van der Waals surface area contributed by atoms with Gasteiger partial charge in [0.25, 0.3) is 0 Å². The van der Waals surface area contributed by atoms with Crippen LogP contribution in [0.4, 0.5) is 9.93 Å². The second-order valence-corrected chi connectivity index (χ2v) is 8.44. The van der Waals surface area contributed by atoms with Gasteiger partial charge in [-0.3, -0.25) is 10.1 Å². The van der Waals surface area contributed by atoms with Crippen molar-refractivity contribution in [3.8, 4) is 0 Å². The fourth-order valence-electron chi connectivity index (χ4n) is 2.17. The highest BCUT2D eigenvalue weighted by atomic mass is 35.5. The average molecular weight is 401 g/mol. The molecular weight excluding hydrogens is 384 g/mol. The van der Waals surface area contributed by atoms with Gasteiger partial charge >= 0.3 is 6.03 Å². The molecule has 0 spiro atoms. The van der Waals surface area contributed by atoms with Crippen molar-refractivity contribution in [3.63, 3.8) is 0 Å². The minimum absolute atomic E-state index is 0.127. The molecule has 25 heavy (non-hydrogen) atoms. The smallest absolute Gasteiger partial charge is 0.321 e. The van der Waals surface area contributed by atoms with Gasteiger partial charge in [-0.15, -0.1) is 22.7 Å². The highest BCUT2D eigenvalue weighted by Gasteiger charge is 2.49. The number of nitrogens with zero attached hydrogens (tertiary/aromatic N) is 1. The fraction of sp³-hybridized carbons (Fsp3) is 0.400. The largest absolute Gasteiger partial charge is 0.395 e. The summed E-state index contributed by atoms with van der Waals surface area (Å²) in [5.41, 5.74) is 0.0641. The number of rotatable bonds is 7. The summed E-state index contributed by atoms with van der Waals surface area (Å²) in [6.07, 6.45) is 1.43. The zero-order chi connectivity index (χ0) is 17.9. The quantitative estimate of drug-likeness (QED) is 0.573. The average Bonchev–Trinajstić information content (AvgIpc) is 3.10. The number of halogens is 1. The van der Waals surface area contributed by atoms with Crippen molar-refractivity contribution in [1.29, 1.82) is 0 Å². The van der Waals surface area contributed by atoms with Gasteiger partial charge < -0.3 is 15.7 Å². The Bertz CT molecular complexity index is 772. The zero-order valence-corrected chi connectivity index (χ0v) is 15.6. The molecule has 4 N–H and O–H groups in total. The third-order valence-corrected chi connectivity index (χ3v) is 5.93. The van der Waals surface area contributed by atoms with Crippen molar-refractivity contribution >= 4 is 51.3 Å². The van der Waals surface area contributed by atoms with Gasteiger partial charge in [-0.05, 0) is 25.0 Å². The molecule has 134 valence electrons. The number of anilines is 1. The van der Waals surface area contributed by atoms with Gasteiger partial charge in [-0.1, -0.05) is 11.6 Å². The van der Waals surface area contributed by atoms with Crippen LogP contribution in [0.5, 0.6) is 0 Å². The van der Waals surface area contributed by atoms with Crippen LogP contribution < -0.4 is 16.0 Å². The van der Waals surface area contributed by atoms with E-state index in [0.29, 0.717) is 21.7 Å². The molecule has 3 amide bonds. The van der Waals surface area contributed by atoms with E-state index in [2.05, 4.69) is 20.9 Å². The minimum atomic E-state index is -0.596. The Morgan fingerprint density at radius 3 is 2.72 bits per heavy atom. The number of hydrogen-bond donors (Lipinski definition) is 4. The fourth-order valence-corrected chi connectivity index (χ4v) is 3.90. The molecule has 2 aromatic heterocycles. The predicted molar refractivity (Wildman–Crippen MR) is 97.9 cm³/mol. The van der Waals surface area contributed by atoms with Crippen LogP contribution in [-0.2, 0) is 17.9 Å². The predicted octanol–water partition coefficient (Wildman–Crippen LogP) is 2.57. The normalized spacial score (nSPS) is 14.8. The third-order valence-electron chi connectivity index (χ3n) is 3.89. The Labute approximate surface area is 157 Å². The number of nitrogens with one attached hydrogen (secondary N) is 3. The Morgan fingerprint density at radius 2 is 2.08 bits per heavy atom. The van der Waals surface area contributed by atoms with Gasteiger partial charge in [0.2, 0.25) is 5.91 Å². The van der Waals surface area contributed by atoms with Crippen molar-refractivity contribution in [2.24, 2.45) is 5.41 Å².